The van der Waals surface area contributed by atoms with Gasteiger partial charge in [-0.25, -0.2) is 4.79 Å². The maximum atomic E-state index is 12.4. The van der Waals surface area contributed by atoms with E-state index in [2.05, 4.69) is 10.6 Å². The average molecular weight is 409 g/mol. The lowest BCUT2D eigenvalue weighted by molar-refractivity contribution is -0.126. The molecule has 0 unspecified atom stereocenters. The molecular weight excluding hydrogens is 376 g/mol. The summed E-state index contributed by atoms with van der Waals surface area (Å²) in [6.07, 6.45) is 1.59. The zero-order valence-corrected chi connectivity index (χ0v) is 18.5. The van der Waals surface area contributed by atoms with Crippen LogP contribution in [0.3, 0.4) is 0 Å². The summed E-state index contributed by atoms with van der Waals surface area (Å²) in [5.74, 6) is -0.826. The molecule has 28 heavy (non-hydrogen) atoms. The fourth-order valence-corrected chi connectivity index (χ4v) is 2.96. The first-order chi connectivity index (χ1) is 13.0. The number of amides is 2. The Morgan fingerprint density at radius 1 is 0.929 bits per heavy atom. The normalized spacial score (nSPS) is 11.6. The molecule has 0 aliphatic heterocycles. The molecular formula is C21H32N2O4S. The first-order valence-corrected chi connectivity index (χ1v) is 10.5. The van der Waals surface area contributed by atoms with Crippen LogP contribution in [0.1, 0.15) is 64.7 Å². The maximum absolute atomic E-state index is 12.4. The SMILES string of the molecule is CCC(C)(C)NC(=O)COC(=O)c1ccccc1SCC(=O)NC(C)(C)CC. The van der Waals surface area contributed by atoms with Crippen LogP contribution < -0.4 is 10.6 Å². The van der Waals surface area contributed by atoms with E-state index in [1.807, 2.05) is 41.5 Å². The van der Waals surface area contributed by atoms with Crippen LogP contribution in [0.25, 0.3) is 0 Å². The summed E-state index contributed by atoms with van der Waals surface area (Å²) in [4.78, 5) is 37.2. The summed E-state index contributed by atoms with van der Waals surface area (Å²) >= 11 is 1.27. The van der Waals surface area contributed by atoms with E-state index in [9.17, 15) is 14.4 Å². The minimum absolute atomic E-state index is 0.0961. The Labute approximate surface area is 172 Å². The highest BCUT2D eigenvalue weighted by Gasteiger charge is 2.21. The molecule has 0 saturated carbocycles. The molecule has 2 amide bonds. The molecule has 0 spiro atoms. The van der Waals surface area contributed by atoms with Gasteiger partial charge in [-0.05, 0) is 52.7 Å². The van der Waals surface area contributed by atoms with E-state index in [1.54, 1.807) is 24.3 Å². The molecule has 0 aromatic heterocycles. The van der Waals surface area contributed by atoms with Crippen LogP contribution in [0.15, 0.2) is 29.2 Å². The van der Waals surface area contributed by atoms with Crippen LogP contribution >= 0.6 is 11.8 Å². The first kappa shape index (κ1) is 24.0. The van der Waals surface area contributed by atoms with Gasteiger partial charge in [-0.2, -0.15) is 0 Å². The maximum Gasteiger partial charge on any atom is 0.339 e. The van der Waals surface area contributed by atoms with Crippen molar-refractivity contribution in [2.75, 3.05) is 12.4 Å². The Hall–Kier alpha value is -2.02. The fraction of sp³-hybridized carbons (Fsp3) is 0.571. The number of nitrogens with one attached hydrogen (secondary N) is 2. The van der Waals surface area contributed by atoms with Crippen molar-refractivity contribution in [1.29, 1.82) is 0 Å². The second-order valence-corrected chi connectivity index (χ2v) is 8.95. The van der Waals surface area contributed by atoms with Crippen LogP contribution in [-0.4, -0.2) is 41.2 Å². The Kier molecular flexibility index (Phi) is 9.01. The second-order valence-electron chi connectivity index (χ2n) is 7.93. The number of carbonyl (C=O) groups is 3. The van der Waals surface area contributed by atoms with Crippen molar-refractivity contribution in [2.45, 2.75) is 70.4 Å². The molecule has 0 aliphatic rings. The lowest BCUT2D eigenvalue weighted by Crippen LogP contribution is -2.44. The highest BCUT2D eigenvalue weighted by Crippen LogP contribution is 2.23. The lowest BCUT2D eigenvalue weighted by Gasteiger charge is -2.24. The van der Waals surface area contributed by atoms with E-state index in [4.69, 9.17) is 4.74 Å². The molecule has 0 fully saturated rings. The Morgan fingerprint density at radius 3 is 2.04 bits per heavy atom. The van der Waals surface area contributed by atoms with Crippen LogP contribution in [-0.2, 0) is 14.3 Å². The third kappa shape index (κ3) is 8.33. The van der Waals surface area contributed by atoms with Gasteiger partial charge in [-0.3, -0.25) is 9.59 Å². The van der Waals surface area contributed by atoms with Gasteiger partial charge in [0.05, 0.1) is 11.3 Å². The molecule has 0 aliphatic carbocycles. The van der Waals surface area contributed by atoms with Crippen molar-refractivity contribution in [2.24, 2.45) is 0 Å². The van der Waals surface area contributed by atoms with E-state index < -0.39 is 5.97 Å². The number of esters is 1. The van der Waals surface area contributed by atoms with Crippen molar-refractivity contribution in [3.63, 3.8) is 0 Å². The summed E-state index contributed by atoms with van der Waals surface area (Å²) in [6.45, 7) is 11.4. The number of hydrogen-bond acceptors (Lipinski definition) is 5. The molecule has 0 bridgehead atoms. The first-order valence-electron chi connectivity index (χ1n) is 9.50. The largest absolute Gasteiger partial charge is 0.452 e. The van der Waals surface area contributed by atoms with Crippen molar-refractivity contribution in [3.05, 3.63) is 29.8 Å². The van der Waals surface area contributed by atoms with Crippen molar-refractivity contribution >= 4 is 29.5 Å². The van der Waals surface area contributed by atoms with Gasteiger partial charge >= 0.3 is 5.97 Å². The Morgan fingerprint density at radius 2 is 1.46 bits per heavy atom. The fourth-order valence-electron chi connectivity index (χ4n) is 2.12. The molecule has 1 rings (SSSR count). The molecule has 7 heteroatoms. The third-order valence-electron chi connectivity index (χ3n) is 4.52. The van der Waals surface area contributed by atoms with Gasteiger partial charge in [0.2, 0.25) is 5.91 Å². The summed E-state index contributed by atoms with van der Waals surface area (Å²) in [7, 11) is 0. The van der Waals surface area contributed by atoms with Gasteiger partial charge in [0.1, 0.15) is 0 Å². The number of hydrogen-bond donors (Lipinski definition) is 2. The number of carbonyl (C=O) groups excluding carboxylic acids is 3. The lowest BCUT2D eigenvalue weighted by atomic mass is 10.0. The van der Waals surface area contributed by atoms with Gasteiger partial charge in [0, 0.05) is 16.0 Å². The van der Waals surface area contributed by atoms with Crippen molar-refractivity contribution in [1.82, 2.24) is 10.6 Å². The van der Waals surface area contributed by atoms with E-state index in [0.717, 1.165) is 12.8 Å². The van der Waals surface area contributed by atoms with Gasteiger partial charge in [-0.1, -0.05) is 26.0 Å². The number of ether oxygens (including phenoxy) is 1. The zero-order chi connectivity index (χ0) is 21.4. The highest BCUT2D eigenvalue weighted by atomic mass is 32.2. The smallest absolute Gasteiger partial charge is 0.339 e. The van der Waals surface area contributed by atoms with Gasteiger partial charge < -0.3 is 15.4 Å². The van der Waals surface area contributed by atoms with E-state index in [-0.39, 0.29) is 35.3 Å². The molecule has 0 heterocycles. The third-order valence-corrected chi connectivity index (χ3v) is 5.60. The molecule has 0 radical (unpaired) electrons. The zero-order valence-electron chi connectivity index (χ0n) is 17.7. The number of thioether (sulfide) groups is 1. The van der Waals surface area contributed by atoms with Gasteiger partial charge in [-0.15, -0.1) is 11.8 Å². The molecule has 2 N–H and O–H groups in total. The van der Waals surface area contributed by atoms with Gasteiger partial charge in [0.25, 0.3) is 5.91 Å². The minimum Gasteiger partial charge on any atom is -0.452 e. The van der Waals surface area contributed by atoms with Gasteiger partial charge in [0.15, 0.2) is 6.61 Å². The van der Waals surface area contributed by atoms with E-state index in [1.165, 1.54) is 11.8 Å². The molecule has 0 saturated heterocycles. The molecule has 1 aromatic rings. The quantitative estimate of drug-likeness (QED) is 0.457. The number of benzene rings is 1. The van der Waals surface area contributed by atoms with E-state index in [0.29, 0.717) is 10.5 Å². The standard InChI is InChI=1S/C21H32N2O4S/c1-7-20(3,4)22-17(24)13-27-19(26)15-11-9-10-12-16(15)28-14-18(25)23-21(5,6)8-2/h9-12H,7-8,13-14H2,1-6H3,(H,22,24)(H,23,25). The second kappa shape index (κ2) is 10.5. The summed E-state index contributed by atoms with van der Waals surface area (Å²) in [5.41, 5.74) is -0.273. The Bertz CT molecular complexity index is 701. The monoisotopic (exact) mass is 408 g/mol. The van der Waals surface area contributed by atoms with Crippen LogP contribution in [0.5, 0.6) is 0 Å². The number of rotatable bonds is 10. The predicted octanol–water partition coefficient (Wildman–Crippen LogP) is 3.55. The van der Waals surface area contributed by atoms with Crippen LogP contribution in [0.4, 0.5) is 0 Å². The van der Waals surface area contributed by atoms with Crippen molar-refractivity contribution < 1.29 is 19.1 Å². The molecule has 1 aromatic carbocycles. The van der Waals surface area contributed by atoms with Crippen LogP contribution in [0.2, 0.25) is 0 Å². The Balaban J connectivity index is 2.66. The summed E-state index contributed by atoms with van der Waals surface area (Å²) in [6, 6.07) is 6.91. The predicted molar refractivity (Wildman–Crippen MR) is 112 cm³/mol. The minimum atomic E-state index is -0.582. The molecule has 156 valence electrons. The molecule has 0 atom stereocenters. The van der Waals surface area contributed by atoms with E-state index >= 15 is 0 Å². The molecule has 6 nitrogen and oxygen atoms in total. The van der Waals surface area contributed by atoms with Crippen molar-refractivity contribution in [3.8, 4) is 0 Å². The van der Waals surface area contributed by atoms with Crippen LogP contribution in [0, 0.1) is 0 Å². The average Bonchev–Trinajstić information content (AvgIpc) is 2.64. The summed E-state index contributed by atoms with van der Waals surface area (Å²) < 4.78 is 5.16. The summed E-state index contributed by atoms with van der Waals surface area (Å²) in [5, 5.41) is 5.78. The topological polar surface area (TPSA) is 84.5 Å². The highest BCUT2D eigenvalue weighted by molar-refractivity contribution is 8.00.